The molecule has 0 saturated heterocycles. The first-order valence-corrected chi connectivity index (χ1v) is 5.13. The number of nitrogens with zero attached hydrogens (tertiary/aromatic N) is 1. The fourth-order valence-corrected chi connectivity index (χ4v) is 1.49. The van der Waals surface area contributed by atoms with Gasteiger partial charge in [-0.05, 0) is 37.5 Å². The molecular formula is C11H15F3N2. The van der Waals surface area contributed by atoms with Gasteiger partial charge >= 0.3 is 6.18 Å². The van der Waals surface area contributed by atoms with E-state index >= 15 is 0 Å². The van der Waals surface area contributed by atoms with Gasteiger partial charge in [-0.1, -0.05) is 0 Å². The molecule has 0 aliphatic heterocycles. The minimum absolute atomic E-state index is 0.0615. The number of aromatic nitrogens is 1. The van der Waals surface area contributed by atoms with E-state index in [9.17, 15) is 13.2 Å². The van der Waals surface area contributed by atoms with Crippen LogP contribution in [0.4, 0.5) is 13.2 Å². The molecule has 0 radical (unpaired) electrons. The summed E-state index contributed by atoms with van der Waals surface area (Å²) in [6.45, 7) is 1.83. The van der Waals surface area contributed by atoms with Crippen molar-refractivity contribution in [1.82, 2.24) is 4.98 Å². The van der Waals surface area contributed by atoms with Crippen LogP contribution >= 0.6 is 0 Å². The highest BCUT2D eigenvalue weighted by atomic mass is 19.4. The molecule has 0 bridgehead atoms. The molecule has 0 amide bonds. The molecular weight excluding hydrogens is 217 g/mol. The van der Waals surface area contributed by atoms with E-state index in [0.29, 0.717) is 6.42 Å². The van der Waals surface area contributed by atoms with Crippen LogP contribution in [0.2, 0.25) is 0 Å². The Morgan fingerprint density at radius 1 is 1.44 bits per heavy atom. The van der Waals surface area contributed by atoms with Crippen LogP contribution in [-0.4, -0.2) is 11.2 Å². The number of nitrogens with two attached hydrogens (primary N) is 1. The fourth-order valence-electron chi connectivity index (χ4n) is 1.49. The van der Waals surface area contributed by atoms with Gasteiger partial charge in [0, 0.05) is 24.4 Å². The third-order valence-electron chi connectivity index (χ3n) is 2.32. The van der Waals surface area contributed by atoms with Gasteiger partial charge < -0.3 is 5.73 Å². The van der Waals surface area contributed by atoms with Crippen molar-refractivity contribution in [3.8, 4) is 0 Å². The molecule has 90 valence electrons. The van der Waals surface area contributed by atoms with Gasteiger partial charge in [-0.2, -0.15) is 13.2 Å². The molecule has 1 heterocycles. The van der Waals surface area contributed by atoms with Crippen molar-refractivity contribution in [3.63, 3.8) is 0 Å². The summed E-state index contributed by atoms with van der Waals surface area (Å²) in [5, 5.41) is 0. The second-order valence-corrected chi connectivity index (χ2v) is 3.84. The molecule has 0 saturated carbocycles. The molecule has 0 spiro atoms. The Bertz CT molecular complexity index is 336. The van der Waals surface area contributed by atoms with Gasteiger partial charge in [0.1, 0.15) is 0 Å². The Kier molecular flexibility index (Phi) is 4.29. The maximum atomic E-state index is 11.9. The second kappa shape index (κ2) is 5.30. The van der Waals surface area contributed by atoms with Crippen LogP contribution in [0.15, 0.2) is 18.3 Å². The number of rotatable bonds is 4. The number of hydrogen-bond acceptors (Lipinski definition) is 2. The number of hydrogen-bond donors (Lipinski definition) is 1. The highest BCUT2D eigenvalue weighted by Gasteiger charge is 2.26. The van der Waals surface area contributed by atoms with Gasteiger partial charge in [-0.25, -0.2) is 0 Å². The van der Waals surface area contributed by atoms with E-state index in [2.05, 4.69) is 4.98 Å². The minimum Gasteiger partial charge on any atom is -0.324 e. The number of aryl methyl sites for hydroxylation is 1. The Labute approximate surface area is 92.7 Å². The Morgan fingerprint density at radius 2 is 2.12 bits per heavy atom. The summed E-state index contributed by atoms with van der Waals surface area (Å²) in [5.74, 6) is 0. The van der Waals surface area contributed by atoms with Crippen molar-refractivity contribution in [3.05, 3.63) is 29.6 Å². The highest BCUT2D eigenvalue weighted by molar-refractivity contribution is 5.18. The van der Waals surface area contributed by atoms with E-state index in [1.54, 1.807) is 18.3 Å². The molecule has 1 aromatic heterocycles. The van der Waals surface area contributed by atoms with E-state index in [1.165, 1.54) is 0 Å². The summed E-state index contributed by atoms with van der Waals surface area (Å²) in [6, 6.07) is 3.20. The van der Waals surface area contributed by atoms with Crippen molar-refractivity contribution < 1.29 is 13.2 Å². The van der Waals surface area contributed by atoms with Gasteiger partial charge in [0.25, 0.3) is 0 Å². The summed E-state index contributed by atoms with van der Waals surface area (Å²) in [7, 11) is 0. The van der Waals surface area contributed by atoms with Crippen LogP contribution in [0.3, 0.4) is 0 Å². The van der Waals surface area contributed by atoms with Crippen molar-refractivity contribution >= 4 is 0 Å². The average Bonchev–Trinajstić information content (AvgIpc) is 2.15. The van der Waals surface area contributed by atoms with Crippen LogP contribution in [0.5, 0.6) is 0 Å². The fraction of sp³-hybridized carbons (Fsp3) is 0.545. The van der Waals surface area contributed by atoms with Gasteiger partial charge in [-0.15, -0.1) is 0 Å². The lowest BCUT2D eigenvalue weighted by molar-refractivity contribution is -0.135. The van der Waals surface area contributed by atoms with E-state index in [-0.39, 0.29) is 12.5 Å². The quantitative estimate of drug-likeness (QED) is 0.866. The number of halogens is 3. The Hall–Kier alpha value is -1.10. The van der Waals surface area contributed by atoms with Gasteiger partial charge in [0.05, 0.1) is 0 Å². The Morgan fingerprint density at radius 3 is 2.69 bits per heavy atom. The maximum absolute atomic E-state index is 11.9. The largest absolute Gasteiger partial charge is 0.389 e. The molecule has 2 nitrogen and oxygen atoms in total. The predicted molar refractivity (Wildman–Crippen MR) is 55.8 cm³/mol. The third-order valence-corrected chi connectivity index (χ3v) is 2.32. The molecule has 0 aliphatic rings. The van der Waals surface area contributed by atoms with Gasteiger partial charge in [0.2, 0.25) is 0 Å². The van der Waals surface area contributed by atoms with Gasteiger partial charge in [0.15, 0.2) is 0 Å². The standard InChI is InChI=1S/C11H15F3N2/c1-8-7-9(4-6-16-8)10(15)3-2-5-11(12,13)14/h4,6-7,10H,2-3,5,15H2,1H3. The highest BCUT2D eigenvalue weighted by Crippen LogP contribution is 2.25. The summed E-state index contributed by atoms with van der Waals surface area (Å²) in [6.07, 6.45) is -2.85. The molecule has 5 heteroatoms. The zero-order valence-electron chi connectivity index (χ0n) is 9.09. The normalized spacial score (nSPS) is 13.8. The summed E-state index contributed by atoms with van der Waals surface area (Å²) >= 11 is 0. The Balaban J connectivity index is 2.44. The molecule has 0 aromatic carbocycles. The smallest absolute Gasteiger partial charge is 0.324 e. The summed E-state index contributed by atoms with van der Waals surface area (Å²) in [5.41, 5.74) is 7.46. The topological polar surface area (TPSA) is 38.9 Å². The molecule has 1 unspecified atom stereocenters. The zero-order valence-corrected chi connectivity index (χ0v) is 9.09. The second-order valence-electron chi connectivity index (χ2n) is 3.84. The van der Waals surface area contributed by atoms with Crippen LogP contribution in [-0.2, 0) is 0 Å². The predicted octanol–water partition coefficient (Wildman–Crippen LogP) is 3.12. The zero-order chi connectivity index (χ0) is 12.2. The lowest BCUT2D eigenvalue weighted by Crippen LogP contribution is -2.13. The van der Waals surface area contributed by atoms with E-state index in [0.717, 1.165) is 11.3 Å². The molecule has 0 aliphatic carbocycles. The first kappa shape index (κ1) is 13.0. The molecule has 1 rings (SSSR count). The van der Waals surface area contributed by atoms with Crippen molar-refractivity contribution in [1.29, 1.82) is 0 Å². The third kappa shape index (κ3) is 4.61. The van der Waals surface area contributed by atoms with Crippen molar-refractivity contribution in [2.24, 2.45) is 5.73 Å². The van der Waals surface area contributed by atoms with E-state index < -0.39 is 12.6 Å². The molecule has 16 heavy (non-hydrogen) atoms. The minimum atomic E-state index is -4.09. The first-order chi connectivity index (χ1) is 7.38. The monoisotopic (exact) mass is 232 g/mol. The molecule has 2 N–H and O–H groups in total. The van der Waals surface area contributed by atoms with Crippen molar-refractivity contribution in [2.45, 2.75) is 38.4 Å². The van der Waals surface area contributed by atoms with Crippen LogP contribution in [0, 0.1) is 6.92 Å². The van der Waals surface area contributed by atoms with Crippen LogP contribution in [0.25, 0.3) is 0 Å². The number of alkyl halides is 3. The first-order valence-electron chi connectivity index (χ1n) is 5.13. The summed E-state index contributed by atoms with van der Waals surface area (Å²) < 4.78 is 35.8. The van der Waals surface area contributed by atoms with Crippen molar-refractivity contribution in [2.75, 3.05) is 0 Å². The maximum Gasteiger partial charge on any atom is 0.389 e. The molecule has 0 fully saturated rings. The summed E-state index contributed by atoms with van der Waals surface area (Å²) in [4.78, 5) is 4.01. The lowest BCUT2D eigenvalue weighted by Gasteiger charge is -2.13. The van der Waals surface area contributed by atoms with Gasteiger partial charge in [-0.3, -0.25) is 4.98 Å². The molecule has 1 atom stereocenters. The molecule has 1 aromatic rings. The SMILES string of the molecule is Cc1cc(C(N)CCCC(F)(F)F)ccn1. The van der Waals surface area contributed by atoms with E-state index in [4.69, 9.17) is 5.73 Å². The number of pyridine rings is 1. The average molecular weight is 232 g/mol. The van der Waals surface area contributed by atoms with Crippen LogP contribution in [0.1, 0.15) is 36.6 Å². The van der Waals surface area contributed by atoms with Crippen LogP contribution < -0.4 is 5.73 Å². The van der Waals surface area contributed by atoms with E-state index in [1.807, 2.05) is 6.92 Å². The lowest BCUT2D eigenvalue weighted by atomic mass is 10.0.